The number of methoxy groups -OCH3 is 1. The van der Waals surface area contributed by atoms with E-state index in [-0.39, 0.29) is 0 Å². The molecule has 1 aromatic heterocycles. The summed E-state index contributed by atoms with van der Waals surface area (Å²) in [4.78, 5) is 7.18. The summed E-state index contributed by atoms with van der Waals surface area (Å²) in [5, 5.41) is 8.31. The zero-order valence-corrected chi connectivity index (χ0v) is 19.4. The zero-order chi connectivity index (χ0) is 23.7. The van der Waals surface area contributed by atoms with E-state index in [0.717, 1.165) is 37.2 Å². The van der Waals surface area contributed by atoms with Gasteiger partial charge in [0, 0.05) is 44.3 Å². The Labute approximate surface area is 201 Å². The van der Waals surface area contributed by atoms with Crippen LogP contribution in [0.25, 0.3) is 0 Å². The molecule has 1 aromatic carbocycles. The number of quaternary nitrogens is 1. The molecule has 3 unspecified atom stereocenters. The molecule has 1 spiro atoms. The molecule has 2 aromatic rings. The number of nitrogens with one attached hydrogen (secondary N) is 2. The summed E-state index contributed by atoms with van der Waals surface area (Å²) in [5.74, 6) is 1.83. The fourth-order valence-corrected chi connectivity index (χ4v) is 6.55. The van der Waals surface area contributed by atoms with Gasteiger partial charge in [0.1, 0.15) is 17.7 Å². The minimum Gasteiger partial charge on any atom is -0.454 e. The summed E-state index contributed by atoms with van der Waals surface area (Å²) in [5.41, 5.74) is 6.96. The predicted octanol–water partition coefficient (Wildman–Crippen LogP) is 1.21. The van der Waals surface area contributed by atoms with E-state index < -0.39 is 17.7 Å². The third-order valence-corrected chi connectivity index (χ3v) is 8.25. The molecule has 35 heavy (non-hydrogen) atoms. The quantitative estimate of drug-likeness (QED) is 0.550. The molecular weight excluding hydrogens is 456 g/mol. The van der Waals surface area contributed by atoms with Crippen LogP contribution in [-0.2, 0) is 16.0 Å². The second kappa shape index (κ2) is 7.66. The van der Waals surface area contributed by atoms with Gasteiger partial charge in [-0.15, -0.1) is 5.10 Å². The number of anilines is 1. The maximum absolute atomic E-state index is 13.9. The maximum Gasteiger partial charge on any atom is 0.314 e. The Hall–Kier alpha value is -3.18. The maximum atomic E-state index is 13.9. The highest BCUT2D eigenvalue weighted by Gasteiger charge is 2.76. The lowest BCUT2D eigenvalue weighted by Crippen LogP contribution is -2.91. The van der Waals surface area contributed by atoms with Gasteiger partial charge >= 0.3 is 5.88 Å². The van der Waals surface area contributed by atoms with Crippen LogP contribution in [0.3, 0.4) is 0 Å². The molecule has 184 valence electrons. The molecule has 3 aliphatic heterocycles. The second-order valence-corrected chi connectivity index (χ2v) is 10.2. The number of nitrogens with zero attached hydrogens (tertiary/aromatic N) is 4. The molecule has 11 heteroatoms. The first-order valence-corrected chi connectivity index (χ1v) is 12.1. The highest BCUT2D eigenvalue weighted by Crippen LogP contribution is 2.74. The van der Waals surface area contributed by atoms with Crippen molar-refractivity contribution in [3.8, 4) is 0 Å². The average molecular weight is 485 g/mol. The van der Waals surface area contributed by atoms with Gasteiger partial charge in [0.2, 0.25) is 5.95 Å². The van der Waals surface area contributed by atoms with E-state index in [0.29, 0.717) is 53.8 Å². The first kappa shape index (κ1) is 21.1. The highest BCUT2D eigenvalue weighted by atomic mass is 19.1. The Balaban J connectivity index is 1.10. The smallest absolute Gasteiger partial charge is 0.314 e. The molecule has 0 radical (unpaired) electrons. The minimum absolute atomic E-state index is 0.312. The Bertz CT molecular complexity index is 1230. The first-order valence-electron chi connectivity index (χ1n) is 12.1. The summed E-state index contributed by atoms with van der Waals surface area (Å²) in [6, 6.07) is 3.79. The largest absolute Gasteiger partial charge is 0.454 e. The first-order chi connectivity index (χ1) is 17.0. The number of hydrogen-bond acceptors (Lipinski definition) is 7. The molecule has 2 saturated carbocycles. The number of allylic oxidation sites excluding steroid dienone is 1. The molecule has 1 saturated heterocycles. The number of halogens is 2. The van der Waals surface area contributed by atoms with Gasteiger partial charge in [-0.1, -0.05) is 0 Å². The zero-order valence-electron chi connectivity index (χ0n) is 19.4. The minimum atomic E-state index is -0.654. The van der Waals surface area contributed by atoms with Crippen LogP contribution in [0.15, 0.2) is 42.1 Å². The van der Waals surface area contributed by atoms with Crippen molar-refractivity contribution >= 4 is 5.95 Å². The lowest BCUT2D eigenvalue weighted by molar-refractivity contribution is -0.680. The number of benzene rings is 1. The van der Waals surface area contributed by atoms with Crippen LogP contribution in [-0.4, -0.2) is 52.5 Å². The van der Waals surface area contributed by atoms with Gasteiger partial charge in [0.05, 0.1) is 25.1 Å². The van der Waals surface area contributed by atoms with Crippen molar-refractivity contribution in [2.75, 3.05) is 32.1 Å². The SMILES string of the molecule is COC1=CC(N2CC3[C@H](Nc4nc5n(n4)CCCO[C@@H]5c4cc(F)cc(F)c4)C4CC34C2)=CN[NH2+]1. The lowest BCUT2D eigenvalue weighted by atomic mass is 9.71. The molecule has 2 aliphatic carbocycles. The topological polar surface area (TPSA) is 93.1 Å². The van der Waals surface area contributed by atoms with Crippen molar-refractivity contribution < 1.29 is 23.7 Å². The number of fused-ring (bicyclic) bond motifs is 1. The van der Waals surface area contributed by atoms with Crippen molar-refractivity contribution in [3.63, 3.8) is 0 Å². The van der Waals surface area contributed by atoms with E-state index in [9.17, 15) is 8.78 Å². The van der Waals surface area contributed by atoms with Crippen LogP contribution in [0.5, 0.6) is 0 Å². The van der Waals surface area contributed by atoms with Gasteiger partial charge in [-0.05, 0) is 41.9 Å². The third kappa shape index (κ3) is 3.32. The van der Waals surface area contributed by atoms with Gasteiger partial charge in [-0.25, -0.2) is 18.9 Å². The fourth-order valence-electron chi connectivity index (χ4n) is 6.55. The summed E-state index contributed by atoms with van der Waals surface area (Å²) in [6.07, 6.45) is 5.41. The van der Waals surface area contributed by atoms with Gasteiger partial charge in [0.25, 0.3) is 0 Å². The molecule has 5 atom stereocenters. The lowest BCUT2D eigenvalue weighted by Gasteiger charge is -2.38. The normalized spacial score (nSPS) is 32.7. The van der Waals surface area contributed by atoms with E-state index in [2.05, 4.69) is 21.7 Å². The molecule has 0 amide bonds. The van der Waals surface area contributed by atoms with E-state index in [1.54, 1.807) is 7.11 Å². The van der Waals surface area contributed by atoms with Crippen molar-refractivity contribution in [3.05, 3.63) is 65.1 Å². The van der Waals surface area contributed by atoms with Gasteiger partial charge in [-0.3, -0.25) is 0 Å². The van der Waals surface area contributed by atoms with E-state index in [1.165, 1.54) is 18.6 Å². The number of aromatic nitrogens is 3. The van der Waals surface area contributed by atoms with Crippen molar-refractivity contribution in [2.45, 2.75) is 31.5 Å². The molecule has 3 fully saturated rings. The monoisotopic (exact) mass is 484 g/mol. The molecule has 4 N–H and O–H groups in total. The van der Waals surface area contributed by atoms with Crippen LogP contribution in [0.4, 0.5) is 14.7 Å². The highest BCUT2D eigenvalue weighted by molar-refractivity contribution is 5.40. The number of hydrogen-bond donors (Lipinski definition) is 3. The molecule has 0 bridgehead atoms. The summed E-state index contributed by atoms with van der Waals surface area (Å²) in [7, 11) is 1.68. The fraction of sp³-hybridized carbons (Fsp3) is 0.500. The summed E-state index contributed by atoms with van der Waals surface area (Å²) >= 11 is 0. The number of ether oxygens (including phenoxy) is 2. The van der Waals surface area contributed by atoms with Crippen molar-refractivity contribution in [2.24, 2.45) is 17.3 Å². The van der Waals surface area contributed by atoms with Crippen LogP contribution in [0.1, 0.15) is 30.3 Å². The Kier molecular flexibility index (Phi) is 4.62. The Morgan fingerprint density at radius 3 is 2.94 bits per heavy atom. The Morgan fingerprint density at radius 1 is 1.26 bits per heavy atom. The standard InChI is InChI=1S/C24H27F2N7O2/c1-34-19-8-16(10-27-30-19)32-11-18-20(17-9-24(17,18)12-32)28-23-29-22-21(35-4-2-3-33(22)31-23)13-5-14(25)7-15(26)6-13/h5-8,10,17-18,20-21,27,30H,2-4,9,11-12H2,1H3,(H,28,31)/p+1/t17?,18?,20-,21-,24?/m1/s1. The van der Waals surface area contributed by atoms with Crippen LogP contribution in [0.2, 0.25) is 0 Å². The van der Waals surface area contributed by atoms with Gasteiger partial charge < -0.3 is 19.7 Å². The molecule has 9 nitrogen and oxygen atoms in total. The average Bonchev–Trinajstić information content (AvgIpc) is 3.21. The second-order valence-electron chi connectivity index (χ2n) is 10.2. The van der Waals surface area contributed by atoms with Crippen molar-refractivity contribution in [1.29, 1.82) is 0 Å². The molecule has 4 heterocycles. The van der Waals surface area contributed by atoms with Crippen LogP contribution in [0, 0.1) is 28.9 Å². The summed E-state index contributed by atoms with van der Waals surface area (Å²) < 4.78 is 40.9. The molecular formula is C24H28F2N7O2+. The number of aryl methyl sites for hydroxylation is 1. The number of rotatable bonds is 5. The van der Waals surface area contributed by atoms with E-state index in [1.807, 2.05) is 16.3 Å². The van der Waals surface area contributed by atoms with Crippen LogP contribution < -0.4 is 16.2 Å². The van der Waals surface area contributed by atoms with Crippen LogP contribution >= 0.6 is 0 Å². The summed E-state index contributed by atoms with van der Waals surface area (Å²) in [6.45, 7) is 3.15. The van der Waals surface area contributed by atoms with E-state index in [4.69, 9.17) is 19.6 Å². The van der Waals surface area contributed by atoms with Gasteiger partial charge in [0.15, 0.2) is 5.82 Å². The molecule has 5 aliphatic rings. The predicted molar refractivity (Wildman–Crippen MR) is 120 cm³/mol. The third-order valence-electron chi connectivity index (χ3n) is 8.25. The van der Waals surface area contributed by atoms with E-state index >= 15 is 0 Å². The van der Waals surface area contributed by atoms with Gasteiger partial charge in [-0.2, -0.15) is 10.4 Å². The number of nitrogens with two attached hydrogens (primary N) is 1. The Morgan fingerprint density at radius 2 is 2.11 bits per heavy atom. The number of likely N-dealkylation sites (tertiary alicyclic amines) is 1. The van der Waals surface area contributed by atoms with Crippen molar-refractivity contribution in [1.82, 2.24) is 25.1 Å². The molecule has 7 rings (SSSR count).